The number of fused-ring (bicyclic) bond motifs is 10. The van der Waals surface area contributed by atoms with Gasteiger partial charge in [0.15, 0.2) is 8.32 Å². The first-order valence-electron chi connectivity index (χ1n) is 39.6. The van der Waals surface area contributed by atoms with Crippen LogP contribution in [0.3, 0.4) is 0 Å². The van der Waals surface area contributed by atoms with E-state index in [1.807, 2.05) is 103 Å². The molecule has 22 atom stereocenters. The van der Waals surface area contributed by atoms with Gasteiger partial charge in [-0.25, -0.2) is 16.8 Å². The molecule has 105 heavy (non-hydrogen) atoms. The summed E-state index contributed by atoms with van der Waals surface area (Å²) in [6.07, 6.45) is 20.9. The van der Waals surface area contributed by atoms with E-state index in [2.05, 4.69) is 82.0 Å². The monoisotopic (exact) mass is 1600 g/mol. The number of hydrogen-bond donors (Lipinski definition) is 2. The topological polar surface area (TPSA) is 224 Å². The summed E-state index contributed by atoms with van der Waals surface area (Å²) in [4.78, 5) is 0. The number of ether oxygens (including phenoxy) is 4. The standard InChI is InChI=1S/C45H69NO5SSi.C41H61NO6S.2H2O.Pd/c1-11-37-41-28-31(2)22-25-45(41,5)40-23-26-44(4)38(20-21-39(44)42(40)43(37)51-53(8,9)10)32(3)24-27-52(47,48)46(29-33-12-16-35(49-6)17-13-33)30-34-14-18-36(50-7)19-15-34;1-7-33-37-24-30(43)18-21-41(37,4)36-19-22-40(3)34(16-17-35(40)38(36)39(33)44)27(2)20-23-49(45,46)42(25-28-8-12-31(47-5)13-9-28)26-29-10-14-32(48-6)15-11-29;;;/h12-19,24,27,31-32,37-43H,11,20-23,25-26,28-30H2,1-10H3;8-15,27,30,33-39,43-44H,7,16-26H2,1-6H3;2*1H2;/b27-24+;;;;/t31-,32-,37-,38-,39+,40+,41+,42+,43-,44-,45-;27-,30-,33-,34-,35+,36+,37+,38+,39-,40-,41-;;;/m11.../s1. The van der Waals surface area contributed by atoms with Crippen LogP contribution < -0.4 is 18.9 Å². The molecule has 0 saturated heterocycles. The minimum atomic E-state index is -3.73. The van der Waals surface area contributed by atoms with Gasteiger partial charge in [0.05, 0.1) is 52.5 Å². The van der Waals surface area contributed by atoms with Crippen molar-refractivity contribution in [2.45, 2.75) is 236 Å². The maximum Gasteiger partial charge on any atom is 0.236 e. The van der Waals surface area contributed by atoms with E-state index in [1.165, 1.54) is 50.4 Å². The molecular formula is C86H134N2O13PdS2Si. The molecule has 0 heterocycles. The fourth-order valence-electron chi connectivity index (χ4n) is 23.9. The molecule has 8 fully saturated rings. The first-order valence-corrected chi connectivity index (χ1v) is 46.1. The summed E-state index contributed by atoms with van der Waals surface area (Å²) in [5.74, 6) is 10.4. The molecule has 0 bridgehead atoms. The van der Waals surface area contributed by atoms with E-state index in [0.29, 0.717) is 84.3 Å². The van der Waals surface area contributed by atoms with Gasteiger partial charge in [-0.2, -0.15) is 8.61 Å². The Morgan fingerprint density at radius 1 is 0.514 bits per heavy atom. The van der Waals surface area contributed by atoms with E-state index in [1.54, 1.807) is 37.0 Å². The number of allylic oxidation sites excluding steroid dienone is 1. The normalized spacial score (nSPS) is 34.7. The predicted octanol–water partition coefficient (Wildman–Crippen LogP) is 17.0. The van der Waals surface area contributed by atoms with Crippen molar-refractivity contribution in [2.24, 2.45) is 110 Å². The number of sulfonamides is 2. The van der Waals surface area contributed by atoms with Crippen molar-refractivity contribution in [3.05, 3.63) is 131 Å². The number of rotatable bonds is 25. The van der Waals surface area contributed by atoms with Crippen LogP contribution in [0.25, 0.3) is 0 Å². The Morgan fingerprint density at radius 2 is 0.905 bits per heavy atom. The van der Waals surface area contributed by atoms with Crippen LogP contribution in [0.2, 0.25) is 19.6 Å². The van der Waals surface area contributed by atoms with Gasteiger partial charge >= 0.3 is 0 Å². The predicted molar refractivity (Wildman–Crippen MR) is 421 cm³/mol. The molecule has 4 aromatic carbocycles. The Hall–Kier alpha value is -3.68. The zero-order chi connectivity index (χ0) is 73.5. The van der Waals surface area contributed by atoms with E-state index in [-0.39, 0.29) is 96.4 Å². The summed E-state index contributed by atoms with van der Waals surface area (Å²) in [7, 11) is -2.55. The molecule has 0 radical (unpaired) electrons. The molecule has 19 heteroatoms. The molecule has 4 aromatic rings. The van der Waals surface area contributed by atoms with Crippen LogP contribution in [0, 0.1) is 110 Å². The van der Waals surface area contributed by atoms with Crippen LogP contribution in [0.15, 0.2) is 109 Å². The maximum absolute atomic E-state index is 14.3. The largest absolute Gasteiger partial charge is 0.497 e. The summed E-state index contributed by atoms with van der Waals surface area (Å²) >= 11 is 0. The third kappa shape index (κ3) is 18.1. The van der Waals surface area contributed by atoms with Crippen LogP contribution in [-0.2, 0) is 71.1 Å². The van der Waals surface area contributed by atoms with Crippen molar-refractivity contribution in [1.29, 1.82) is 0 Å². The summed E-state index contributed by atoms with van der Waals surface area (Å²) in [6, 6.07) is 30.6. The van der Waals surface area contributed by atoms with Crippen molar-refractivity contribution in [3.63, 3.8) is 0 Å². The average Bonchev–Trinajstić information content (AvgIpc) is 1.69. The van der Waals surface area contributed by atoms with Crippen molar-refractivity contribution in [1.82, 2.24) is 8.61 Å². The van der Waals surface area contributed by atoms with Crippen molar-refractivity contribution < 1.29 is 81.8 Å². The Kier molecular flexibility index (Phi) is 29.3. The van der Waals surface area contributed by atoms with Crippen LogP contribution in [0.5, 0.6) is 23.0 Å². The molecular weight excluding hydrogens is 1470 g/mol. The molecule has 6 N–H and O–H groups in total. The van der Waals surface area contributed by atoms with Gasteiger partial charge in [0.1, 0.15) is 23.0 Å². The fourth-order valence-corrected chi connectivity index (χ4v) is 27.9. The first-order chi connectivity index (χ1) is 48.4. The number of aliphatic hydroxyl groups is 2. The van der Waals surface area contributed by atoms with Gasteiger partial charge in [-0.05, 0) is 291 Å². The molecule has 15 nitrogen and oxygen atoms in total. The van der Waals surface area contributed by atoms with Gasteiger partial charge in [0.25, 0.3) is 0 Å². The van der Waals surface area contributed by atoms with E-state index >= 15 is 0 Å². The molecule has 0 aliphatic heterocycles. The van der Waals surface area contributed by atoms with E-state index in [9.17, 15) is 27.0 Å². The second-order valence-electron chi connectivity index (χ2n) is 35.6. The number of benzene rings is 4. The quantitative estimate of drug-likeness (QED) is 0.0594. The number of hydrogen-bond acceptors (Lipinski definition) is 11. The third-order valence-corrected chi connectivity index (χ3v) is 33.5. The summed E-state index contributed by atoms with van der Waals surface area (Å²) < 4.78 is 88.9. The smallest absolute Gasteiger partial charge is 0.236 e. The molecule has 0 unspecified atom stereocenters. The molecule has 0 aromatic heterocycles. The maximum atomic E-state index is 14.3. The van der Waals surface area contributed by atoms with Crippen LogP contribution in [0.1, 0.15) is 194 Å². The third-order valence-electron chi connectivity index (χ3n) is 29.2. The number of methoxy groups -OCH3 is 4. The van der Waals surface area contributed by atoms with Crippen molar-refractivity contribution >= 4 is 28.4 Å². The molecule has 0 amide bonds. The van der Waals surface area contributed by atoms with Gasteiger partial charge < -0.3 is 44.5 Å². The summed E-state index contributed by atoms with van der Waals surface area (Å²) in [6.45, 7) is 30.3. The summed E-state index contributed by atoms with van der Waals surface area (Å²) in [5.41, 5.74) is 4.54. The van der Waals surface area contributed by atoms with Gasteiger partial charge in [0, 0.05) is 52.0 Å². The van der Waals surface area contributed by atoms with Gasteiger partial charge in [0.2, 0.25) is 20.0 Å². The fraction of sp³-hybridized carbons (Fsp3) is 0.698. The minimum Gasteiger partial charge on any atom is -0.497 e. The van der Waals surface area contributed by atoms with Crippen LogP contribution in [0.4, 0.5) is 0 Å². The second kappa shape index (κ2) is 35.3. The zero-order valence-corrected chi connectivity index (χ0v) is 70.6. The van der Waals surface area contributed by atoms with Crippen LogP contribution >= 0.6 is 0 Å². The van der Waals surface area contributed by atoms with Crippen molar-refractivity contribution in [3.8, 4) is 23.0 Å². The van der Waals surface area contributed by atoms with E-state index in [0.717, 1.165) is 121 Å². The molecule has 12 rings (SSSR count). The zero-order valence-electron chi connectivity index (χ0n) is 66.4. The average molecular weight is 1600 g/mol. The Bertz CT molecular complexity index is 3580. The Morgan fingerprint density at radius 3 is 1.35 bits per heavy atom. The number of nitrogens with zero attached hydrogens (tertiary/aromatic N) is 2. The molecule has 592 valence electrons. The van der Waals surface area contributed by atoms with E-state index < -0.39 is 28.4 Å². The molecule has 0 spiro atoms. The molecule has 8 aliphatic carbocycles. The van der Waals surface area contributed by atoms with Gasteiger partial charge in [-0.1, -0.05) is 136 Å². The second-order valence-corrected chi connectivity index (χ2v) is 44.0. The van der Waals surface area contributed by atoms with Crippen molar-refractivity contribution in [2.75, 3.05) is 34.2 Å². The Labute approximate surface area is 648 Å². The van der Waals surface area contributed by atoms with Gasteiger partial charge in [-0.15, -0.1) is 0 Å². The van der Waals surface area contributed by atoms with Crippen LogP contribution in [-0.4, -0.2) is 107 Å². The first kappa shape index (κ1) is 86.9. The van der Waals surface area contributed by atoms with Gasteiger partial charge in [-0.3, -0.25) is 0 Å². The molecule has 8 aliphatic rings. The summed E-state index contributed by atoms with van der Waals surface area (Å²) in [5, 5.41) is 24.2. The van der Waals surface area contributed by atoms with E-state index in [4.69, 9.17) is 23.4 Å². The Balaban J connectivity index is 0.000000259. The number of aliphatic hydroxyl groups excluding tert-OH is 2. The SMILES string of the molecule is CC[C@H]1[C@@H](O)[C@@H]2[C@H](CC[C@]3(C)[C@@H]([C@H](C)CCS(=O)(=O)N(Cc4ccc(OC)cc4)Cc4ccc(OC)cc4)CC[C@@H]23)[C@@]2(C)CC[C@@H](O)C[C@@H]12.CC[C@H]1[C@@H](O[Si](C)(C)C)[C@@H]2[C@H](CC[C@]3(C)[C@@H]([C@H](C)/C=C/S(=O)(=O)N(Cc4ccc(OC)cc4)Cc4ccc(OC)cc4)CC[C@@H]23)[C@@]2(C)CC[C@@H](C)C[C@@H]12.O.O.[Pd]. The minimum absolute atomic E-state index is 0. The molecule has 8 saturated carbocycles.